The Morgan fingerprint density at radius 3 is 2.81 bits per heavy atom. The van der Waals surface area contributed by atoms with Crippen LogP contribution in [0.25, 0.3) is 22.3 Å². The molecule has 1 aromatic carbocycles. The van der Waals surface area contributed by atoms with Crippen LogP contribution in [0.15, 0.2) is 36.5 Å². The first-order valence-electron chi connectivity index (χ1n) is 11.8. The van der Waals surface area contributed by atoms with Gasteiger partial charge in [0.1, 0.15) is 23.1 Å². The van der Waals surface area contributed by atoms with Crippen molar-refractivity contribution in [1.82, 2.24) is 14.8 Å². The number of hydrogen-bond donors (Lipinski definition) is 0. The van der Waals surface area contributed by atoms with E-state index in [1.807, 2.05) is 0 Å². The molecule has 0 N–H and O–H groups in total. The van der Waals surface area contributed by atoms with E-state index < -0.39 is 33.8 Å². The molecule has 3 aromatic rings. The molecule has 5 rings (SSSR count). The van der Waals surface area contributed by atoms with E-state index in [0.717, 1.165) is 0 Å². The van der Waals surface area contributed by atoms with Gasteiger partial charge in [-0.25, -0.2) is 17.2 Å². The topological polar surface area (TPSA) is 100 Å². The first-order valence-corrected chi connectivity index (χ1v) is 13.6. The number of Topliss-reactive ketones (excluding diaryl/α,β-unsaturated/α-hetero) is 1. The minimum Gasteiger partial charge on any atom is -0.461 e. The van der Waals surface area contributed by atoms with Crippen molar-refractivity contribution in [2.45, 2.75) is 45.3 Å². The Hall–Kier alpha value is -2.92. The predicted octanol–water partition coefficient (Wildman–Crippen LogP) is 4.10. The third-order valence-corrected chi connectivity index (χ3v) is 8.84. The second-order valence-electron chi connectivity index (χ2n) is 9.96. The Kier molecular flexibility index (Phi) is 6.32. The van der Waals surface area contributed by atoms with Crippen molar-refractivity contribution in [3.63, 3.8) is 0 Å². The maximum absolute atomic E-state index is 14.9. The van der Waals surface area contributed by atoms with Gasteiger partial charge in [-0.05, 0) is 24.6 Å². The maximum atomic E-state index is 14.9. The Morgan fingerprint density at radius 1 is 1.33 bits per heavy atom. The standard InChI is InChI=1S/C25H27F2N3O5S/c1-15(26)35-18-5-3-4-16(8-18)23-24-21(30(29-23)20-6-7-34-12-19(20)27)9-17(11-28-24)22(31)10-25(2)13-36(32,33)14-25/h3-5,8-9,11,15,19-20H,6-7,10,12-14H2,1-2H3/t15?,19-,20?/m1/s1. The van der Waals surface area contributed by atoms with Crippen LogP contribution >= 0.6 is 0 Å². The van der Waals surface area contributed by atoms with Gasteiger partial charge in [0.2, 0.25) is 6.36 Å². The van der Waals surface area contributed by atoms with E-state index in [0.29, 0.717) is 46.6 Å². The number of hydrogen-bond acceptors (Lipinski definition) is 7. The number of aromatic nitrogens is 3. The van der Waals surface area contributed by atoms with E-state index in [1.165, 1.54) is 13.1 Å². The predicted molar refractivity (Wildman–Crippen MR) is 129 cm³/mol. The summed E-state index contributed by atoms with van der Waals surface area (Å²) in [7, 11) is -3.09. The van der Waals surface area contributed by atoms with Crippen molar-refractivity contribution < 1.29 is 31.5 Å². The van der Waals surface area contributed by atoms with Gasteiger partial charge in [-0.15, -0.1) is 0 Å². The van der Waals surface area contributed by atoms with Crippen LogP contribution < -0.4 is 4.74 Å². The number of sulfone groups is 1. The molecule has 36 heavy (non-hydrogen) atoms. The molecule has 2 aliphatic heterocycles. The minimum atomic E-state index is -3.09. The van der Waals surface area contributed by atoms with Gasteiger partial charge < -0.3 is 9.47 Å². The Balaban J connectivity index is 1.56. The Morgan fingerprint density at radius 2 is 2.11 bits per heavy atom. The zero-order valence-electron chi connectivity index (χ0n) is 20.0. The molecule has 192 valence electrons. The van der Waals surface area contributed by atoms with Gasteiger partial charge in [0.05, 0.1) is 29.7 Å². The number of carbonyl (C=O) groups is 1. The summed E-state index contributed by atoms with van der Waals surface area (Å²) in [6, 6.07) is 7.77. The van der Waals surface area contributed by atoms with E-state index >= 15 is 0 Å². The summed E-state index contributed by atoms with van der Waals surface area (Å²) in [5.74, 6) is 0.0399. The number of rotatable bonds is 7. The number of ketones is 1. The van der Waals surface area contributed by atoms with Crippen LogP contribution in [0.2, 0.25) is 0 Å². The molecule has 2 aliphatic rings. The Bertz CT molecular complexity index is 1410. The lowest BCUT2D eigenvalue weighted by Crippen LogP contribution is -2.47. The smallest absolute Gasteiger partial charge is 0.235 e. The number of pyridine rings is 1. The number of benzene rings is 1. The minimum absolute atomic E-state index is 0.0228. The summed E-state index contributed by atoms with van der Waals surface area (Å²) in [6.07, 6.45) is -0.881. The van der Waals surface area contributed by atoms with Crippen molar-refractivity contribution in [3.05, 3.63) is 42.1 Å². The molecule has 0 bridgehead atoms. The van der Waals surface area contributed by atoms with E-state index in [9.17, 15) is 22.0 Å². The highest BCUT2D eigenvalue weighted by atomic mass is 32.2. The number of fused-ring (bicyclic) bond motifs is 1. The highest BCUT2D eigenvalue weighted by Crippen LogP contribution is 2.38. The Labute approximate surface area is 207 Å². The third-order valence-electron chi connectivity index (χ3n) is 6.57. The van der Waals surface area contributed by atoms with E-state index in [4.69, 9.17) is 14.6 Å². The molecule has 0 spiro atoms. The molecule has 2 unspecified atom stereocenters. The lowest BCUT2D eigenvalue weighted by Gasteiger charge is -2.37. The molecular formula is C25H27F2N3O5S. The average Bonchev–Trinajstić information content (AvgIpc) is 3.16. The average molecular weight is 520 g/mol. The number of halogens is 2. The molecule has 0 aliphatic carbocycles. The second kappa shape index (κ2) is 9.19. The molecule has 0 radical (unpaired) electrons. The van der Waals surface area contributed by atoms with Crippen molar-refractivity contribution in [2.24, 2.45) is 5.41 Å². The van der Waals surface area contributed by atoms with Gasteiger partial charge in [0.25, 0.3) is 0 Å². The highest BCUT2D eigenvalue weighted by Gasteiger charge is 2.45. The molecule has 2 fully saturated rings. The number of alkyl halides is 2. The summed E-state index contributed by atoms with van der Waals surface area (Å²) in [5.41, 5.74) is 1.73. The van der Waals surface area contributed by atoms with E-state index in [2.05, 4.69) is 4.98 Å². The molecular weight excluding hydrogens is 492 g/mol. The monoisotopic (exact) mass is 519 g/mol. The highest BCUT2D eigenvalue weighted by molar-refractivity contribution is 7.92. The van der Waals surface area contributed by atoms with Gasteiger partial charge in [-0.1, -0.05) is 19.1 Å². The van der Waals surface area contributed by atoms with Gasteiger partial charge >= 0.3 is 0 Å². The number of carbonyl (C=O) groups excluding carboxylic acids is 1. The van der Waals surface area contributed by atoms with Crippen LogP contribution in [0.3, 0.4) is 0 Å². The van der Waals surface area contributed by atoms with E-state index in [-0.39, 0.29) is 30.3 Å². The summed E-state index contributed by atoms with van der Waals surface area (Å²) >= 11 is 0. The van der Waals surface area contributed by atoms with Crippen LogP contribution in [0, 0.1) is 5.41 Å². The maximum Gasteiger partial charge on any atom is 0.235 e. The number of ether oxygens (including phenoxy) is 2. The van der Waals surface area contributed by atoms with Crippen LogP contribution in [0.5, 0.6) is 5.75 Å². The first kappa shape index (κ1) is 24.8. The molecule has 2 aromatic heterocycles. The molecule has 0 saturated carbocycles. The number of nitrogens with zero attached hydrogens (tertiary/aromatic N) is 3. The molecule has 8 nitrogen and oxygen atoms in total. The van der Waals surface area contributed by atoms with Gasteiger partial charge in [0.15, 0.2) is 15.6 Å². The zero-order chi connectivity index (χ0) is 25.7. The quantitative estimate of drug-likeness (QED) is 0.433. The van der Waals surface area contributed by atoms with Crippen molar-refractivity contribution in [2.75, 3.05) is 24.7 Å². The fourth-order valence-corrected chi connectivity index (χ4v) is 7.35. The summed E-state index contributed by atoms with van der Waals surface area (Å²) in [5, 5.41) is 4.69. The molecule has 4 heterocycles. The zero-order valence-corrected chi connectivity index (χ0v) is 20.8. The van der Waals surface area contributed by atoms with Crippen LogP contribution in [0.4, 0.5) is 8.78 Å². The van der Waals surface area contributed by atoms with Crippen molar-refractivity contribution in [1.29, 1.82) is 0 Å². The second-order valence-corrected chi connectivity index (χ2v) is 12.0. The van der Waals surface area contributed by atoms with Crippen molar-refractivity contribution >= 4 is 26.7 Å². The summed E-state index contributed by atoms with van der Waals surface area (Å²) < 4.78 is 63.6. The molecule has 3 atom stereocenters. The molecule has 2 saturated heterocycles. The van der Waals surface area contributed by atoms with Crippen LogP contribution in [-0.2, 0) is 14.6 Å². The summed E-state index contributed by atoms with van der Waals surface area (Å²) in [4.78, 5) is 17.6. The fourth-order valence-electron chi connectivity index (χ4n) is 5.10. The SMILES string of the molecule is CC(F)Oc1cccc(-c2nn(C3CCOC[C@H]3F)c3cc(C(=O)CC4(C)CS(=O)(=O)C4)cnc23)c1. The first-order chi connectivity index (χ1) is 17.0. The fraction of sp³-hybridized carbons (Fsp3) is 0.480. The van der Waals surface area contributed by atoms with Crippen LogP contribution in [0.1, 0.15) is 43.1 Å². The van der Waals surface area contributed by atoms with Gasteiger partial charge in [-0.2, -0.15) is 5.10 Å². The summed E-state index contributed by atoms with van der Waals surface area (Å²) in [6.45, 7) is 3.38. The van der Waals surface area contributed by atoms with Crippen molar-refractivity contribution in [3.8, 4) is 17.0 Å². The third kappa shape index (κ3) is 4.86. The molecule has 11 heteroatoms. The van der Waals surface area contributed by atoms with Gasteiger partial charge in [0, 0.05) is 42.7 Å². The lowest BCUT2D eigenvalue weighted by molar-refractivity contribution is 0.00122. The normalized spacial score (nSPS) is 23.7. The van der Waals surface area contributed by atoms with Gasteiger partial charge in [-0.3, -0.25) is 14.5 Å². The van der Waals surface area contributed by atoms with Crippen LogP contribution in [-0.4, -0.2) is 66.2 Å². The lowest BCUT2D eigenvalue weighted by atomic mass is 9.86. The largest absolute Gasteiger partial charge is 0.461 e. The van der Waals surface area contributed by atoms with E-state index in [1.54, 1.807) is 41.9 Å². The molecule has 0 amide bonds.